The molecule has 1 atom stereocenters. The summed E-state index contributed by atoms with van der Waals surface area (Å²) in [5, 5.41) is 2.78. The van der Waals surface area contributed by atoms with Crippen LogP contribution in [0.15, 0.2) is 0 Å². The van der Waals surface area contributed by atoms with E-state index in [4.69, 9.17) is 5.73 Å². The minimum absolute atomic E-state index is 0. The standard InChI is InChI=1S/C12H24N4O2.ClH/c1-3-14-11(17)9-15-5-4-6-16(8-7-15)12(18)10(2)13;/h10H,3-9,13H2,1-2H3,(H,14,17);1H/t10-;/m1./s1. The molecule has 1 aliphatic heterocycles. The Hall–Kier alpha value is -0.850. The van der Waals surface area contributed by atoms with E-state index in [1.165, 1.54) is 0 Å². The summed E-state index contributed by atoms with van der Waals surface area (Å²) in [7, 11) is 0. The molecule has 0 spiro atoms. The topological polar surface area (TPSA) is 78.7 Å². The van der Waals surface area contributed by atoms with Crippen LogP contribution in [-0.2, 0) is 9.59 Å². The number of nitrogens with two attached hydrogens (primary N) is 1. The number of rotatable bonds is 4. The van der Waals surface area contributed by atoms with Gasteiger partial charge in [-0.2, -0.15) is 0 Å². The lowest BCUT2D eigenvalue weighted by Gasteiger charge is -2.23. The third-order valence-corrected chi connectivity index (χ3v) is 3.03. The molecule has 1 rings (SSSR count). The highest BCUT2D eigenvalue weighted by Gasteiger charge is 2.21. The molecule has 0 aromatic heterocycles. The van der Waals surface area contributed by atoms with E-state index in [1.54, 1.807) is 11.8 Å². The first kappa shape index (κ1) is 18.1. The summed E-state index contributed by atoms with van der Waals surface area (Å²) in [6.07, 6.45) is 0.887. The van der Waals surface area contributed by atoms with Crippen molar-refractivity contribution in [3.63, 3.8) is 0 Å². The first-order valence-corrected chi connectivity index (χ1v) is 6.58. The van der Waals surface area contributed by atoms with Gasteiger partial charge in [-0.15, -0.1) is 12.4 Å². The maximum atomic E-state index is 11.8. The number of hydrogen-bond acceptors (Lipinski definition) is 4. The van der Waals surface area contributed by atoms with Crippen LogP contribution in [-0.4, -0.2) is 66.9 Å². The normalized spacial score (nSPS) is 18.2. The molecule has 0 saturated carbocycles. The summed E-state index contributed by atoms with van der Waals surface area (Å²) in [6, 6.07) is -0.444. The van der Waals surface area contributed by atoms with Crippen molar-refractivity contribution >= 4 is 24.2 Å². The van der Waals surface area contributed by atoms with Crippen LogP contribution in [0.2, 0.25) is 0 Å². The Labute approximate surface area is 121 Å². The highest BCUT2D eigenvalue weighted by atomic mass is 35.5. The van der Waals surface area contributed by atoms with Crippen molar-refractivity contribution in [3.05, 3.63) is 0 Å². The zero-order chi connectivity index (χ0) is 13.5. The molecule has 0 unspecified atom stereocenters. The molecule has 1 heterocycles. The predicted molar refractivity (Wildman–Crippen MR) is 77.2 cm³/mol. The summed E-state index contributed by atoms with van der Waals surface area (Å²) >= 11 is 0. The van der Waals surface area contributed by atoms with Crippen LogP contribution in [0.3, 0.4) is 0 Å². The van der Waals surface area contributed by atoms with Gasteiger partial charge in [0.05, 0.1) is 12.6 Å². The molecule has 1 fully saturated rings. The third kappa shape index (κ3) is 6.22. The average molecular weight is 293 g/mol. The molecule has 0 aliphatic carbocycles. The highest BCUT2D eigenvalue weighted by Crippen LogP contribution is 2.04. The van der Waals surface area contributed by atoms with E-state index in [9.17, 15) is 9.59 Å². The van der Waals surface area contributed by atoms with Crippen LogP contribution in [0.1, 0.15) is 20.3 Å². The fraction of sp³-hybridized carbons (Fsp3) is 0.833. The largest absolute Gasteiger partial charge is 0.355 e. The number of likely N-dealkylation sites (N-methyl/N-ethyl adjacent to an activating group) is 1. The van der Waals surface area contributed by atoms with E-state index in [1.807, 2.05) is 6.92 Å². The molecule has 0 aromatic carbocycles. The Bertz CT molecular complexity index is 299. The number of nitrogens with zero attached hydrogens (tertiary/aromatic N) is 2. The molecular weight excluding hydrogens is 268 g/mol. The molecule has 0 bridgehead atoms. The average Bonchev–Trinajstić information content (AvgIpc) is 2.54. The first-order chi connectivity index (χ1) is 8.54. The molecule has 112 valence electrons. The third-order valence-electron chi connectivity index (χ3n) is 3.03. The fourth-order valence-electron chi connectivity index (χ4n) is 2.09. The van der Waals surface area contributed by atoms with Gasteiger partial charge >= 0.3 is 0 Å². The van der Waals surface area contributed by atoms with E-state index in [0.717, 1.165) is 26.1 Å². The molecule has 1 saturated heterocycles. The Balaban J connectivity index is 0.00000324. The second-order valence-corrected chi connectivity index (χ2v) is 4.70. The maximum Gasteiger partial charge on any atom is 0.239 e. The van der Waals surface area contributed by atoms with Crippen LogP contribution in [0, 0.1) is 0 Å². The molecular formula is C12H25ClN4O2. The number of nitrogens with one attached hydrogen (secondary N) is 1. The van der Waals surface area contributed by atoms with Gasteiger partial charge in [0.25, 0.3) is 0 Å². The van der Waals surface area contributed by atoms with Gasteiger partial charge in [-0.05, 0) is 20.3 Å². The van der Waals surface area contributed by atoms with E-state index in [-0.39, 0.29) is 24.2 Å². The van der Waals surface area contributed by atoms with Gasteiger partial charge in [0.2, 0.25) is 11.8 Å². The lowest BCUT2D eigenvalue weighted by atomic mass is 10.3. The molecule has 19 heavy (non-hydrogen) atoms. The predicted octanol–water partition coefficient (Wildman–Crippen LogP) is -0.574. The highest BCUT2D eigenvalue weighted by molar-refractivity contribution is 5.85. The second kappa shape index (κ2) is 9.12. The number of carbonyl (C=O) groups is 2. The summed E-state index contributed by atoms with van der Waals surface area (Å²) in [5.74, 6) is 0.0410. The van der Waals surface area contributed by atoms with Gasteiger partial charge in [-0.3, -0.25) is 14.5 Å². The van der Waals surface area contributed by atoms with E-state index >= 15 is 0 Å². The van der Waals surface area contributed by atoms with Gasteiger partial charge in [0.1, 0.15) is 0 Å². The molecule has 6 nitrogen and oxygen atoms in total. The van der Waals surface area contributed by atoms with Gasteiger partial charge in [0, 0.05) is 32.7 Å². The molecule has 3 N–H and O–H groups in total. The summed E-state index contributed by atoms with van der Waals surface area (Å²) in [5.41, 5.74) is 5.60. The van der Waals surface area contributed by atoms with Gasteiger partial charge in [-0.25, -0.2) is 0 Å². The van der Waals surface area contributed by atoms with Crippen molar-refractivity contribution in [2.24, 2.45) is 5.73 Å². The van der Waals surface area contributed by atoms with Crippen molar-refractivity contribution in [2.45, 2.75) is 26.3 Å². The van der Waals surface area contributed by atoms with Crippen LogP contribution in [0.25, 0.3) is 0 Å². The van der Waals surface area contributed by atoms with Crippen LogP contribution in [0.5, 0.6) is 0 Å². The Morgan fingerprint density at radius 2 is 1.95 bits per heavy atom. The monoisotopic (exact) mass is 292 g/mol. The Morgan fingerprint density at radius 1 is 1.26 bits per heavy atom. The first-order valence-electron chi connectivity index (χ1n) is 6.58. The SMILES string of the molecule is CCNC(=O)CN1CCCN(C(=O)[C@@H](C)N)CC1.Cl. The number of amides is 2. The van der Waals surface area contributed by atoms with Crippen LogP contribution < -0.4 is 11.1 Å². The van der Waals surface area contributed by atoms with Crippen molar-refractivity contribution in [1.82, 2.24) is 15.1 Å². The van der Waals surface area contributed by atoms with Crippen molar-refractivity contribution in [3.8, 4) is 0 Å². The molecule has 0 radical (unpaired) electrons. The number of halogens is 1. The molecule has 1 aliphatic rings. The summed E-state index contributed by atoms with van der Waals surface area (Å²) in [6.45, 7) is 7.64. The van der Waals surface area contributed by atoms with Crippen molar-refractivity contribution < 1.29 is 9.59 Å². The van der Waals surface area contributed by atoms with Crippen LogP contribution in [0.4, 0.5) is 0 Å². The van der Waals surface area contributed by atoms with E-state index in [2.05, 4.69) is 10.2 Å². The fourth-order valence-corrected chi connectivity index (χ4v) is 2.09. The maximum absolute atomic E-state index is 11.8. The Kier molecular flexibility index (Phi) is 8.71. The molecule has 0 aromatic rings. The van der Waals surface area contributed by atoms with Crippen molar-refractivity contribution in [1.29, 1.82) is 0 Å². The minimum Gasteiger partial charge on any atom is -0.355 e. The number of hydrogen-bond donors (Lipinski definition) is 2. The number of carbonyl (C=O) groups excluding carboxylic acids is 2. The van der Waals surface area contributed by atoms with Crippen molar-refractivity contribution in [2.75, 3.05) is 39.3 Å². The lowest BCUT2D eigenvalue weighted by molar-refractivity contribution is -0.132. The smallest absolute Gasteiger partial charge is 0.239 e. The second-order valence-electron chi connectivity index (χ2n) is 4.70. The van der Waals surface area contributed by atoms with E-state index < -0.39 is 6.04 Å². The van der Waals surface area contributed by atoms with E-state index in [0.29, 0.717) is 19.6 Å². The Morgan fingerprint density at radius 3 is 2.53 bits per heavy atom. The zero-order valence-electron chi connectivity index (χ0n) is 11.7. The van der Waals surface area contributed by atoms with Crippen LogP contribution >= 0.6 is 12.4 Å². The minimum atomic E-state index is -0.444. The van der Waals surface area contributed by atoms with Gasteiger partial charge < -0.3 is 16.0 Å². The lowest BCUT2D eigenvalue weighted by Crippen LogP contribution is -2.44. The van der Waals surface area contributed by atoms with Gasteiger partial charge in [0.15, 0.2) is 0 Å². The zero-order valence-corrected chi connectivity index (χ0v) is 12.5. The summed E-state index contributed by atoms with van der Waals surface area (Å²) in [4.78, 5) is 27.2. The van der Waals surface area contributed by atoms with Gasteiger partial charge in [-0.1, -0.05) is 0 Å². The summed E-state index contributed by atoms with van der Waals surface area (Å²) < 4.78 is 0. The molecule has 2 amide bonds. The molecule has 7 heteroatoms. The quantitative estimate of drug-likeness (QED) is 0.727.